The third-order valence-corrected chi connectivity index (χ3v) is 2.44. The molecule has 0 aliphatic heterocycles. The summed E-state index contributed by atoms with van der Waals surface area (Å²) in [5.74, 6) is 2.46. The maximum atomic E-state index is 9.92. The second-order valence-corrected chi connectivity index (χ2v) is 4.08. The van der Waals surface area contributed by atoms with Gasteiger partial charge < -0.3 is 5.11 Å². The second-order valence-electron chi connectivity index (χ2n) is 3.16. The molecule has 0 saturated carbocycles. The molecule has 1 nitrogen and oxygen atoms in total. The summed E-state index contributed by atoms with van der Waals surface area (Å²) in [6, 6.07) is 7.50. The molecule has 13 heavy (non-hydrogen) atoms. The highest BCUT2D eigenvalue weighted by Gasteiger charge is 2.21. The maximum Gasteiger partial charge on any atom is 0.0977 e. The van der Waals surface area contributed by atoms with Crippen LogP contribution in [-0.2, 0) is 5.60 Å². The Morgan fingerprint density at radius 2 is 2.00 bits per heavy atom. The van der Waals surface area contributed by atoms with Crippen LogP contribution in [0.15, 0.2) is 28.7 Å². The summed E-state index contributed by atoms with van der Waals surface area (Å²) in [6.07, 6.45) is 5.49. The van der Waals surface area contributed by atoms with Gasteiger partial charge in [0.2, 0.25) is 0 Å². The van der Waals surface area contributed by atoms with E-state index in [1.807, 2.05) is 24.3 Å². The number of hydrogen-bond donors (Lipinski definition) is 1. The van der Waals surface area contributed by atoms with E-state index in [4.69, 9.17) is 6.42 Å². The second kappa shape index (κ2) is 3.95. The van der Waals surface area contributed by atoms with Crippen LogP contribution < -0.4 is 0 Å². The molecule has 0 radical (unpaired) electrons. The Kier molecular flexibility index (Phi) is 3.13. The van der Waals surface area contributed by atoms with Gasteiger partial charge in [0.25, 0.3) is 0 Å². The first-order valence-corrected chi connectivity index (χ1v) is 4.77. The minimum Gasteiger partial charge on any atom is -0.384 e. The first kappa shape index (κ1) is 10.3. The average Bonchev–Trinajstić information content (AvgIpc) is 2.05. The smallest absolute Gasteiger partial charge is 0.0977 e. The van der Waals surface area contributed by atoms with Crippen molar-refractivity contribution in [1.82, 2.24) is 0 Å². The fourth-order valence-electron chi connectivity index (χ4n) is 1.11. The van der Waals surface area contributed by atoms with E-state index in [9.17, 15) is 5.11 Å². The van der Waals surface area contributed by atoms with Crippen LogP contribution in [0.4, 0.5) is 0 Å². The number of benzene rings is 1. The van der Waals surface area contributed by atoms with Gasteiger partial charge in [-0.05, 0) is 24.6 Å². The molecule has 68 valence electrons. The standard InChI is InChI=1S/C11H11BrO/c1-3-8-11(2,13)9-4-6-10(12)7-5-9/h1,4-7,13H,8H2,2H3. The summed E-state index contributed by atoms with van der Waals surface area (Å²) in [7, 11) is 0. The van der Waals surface area contributed by atoms with E-state index in [0.717, 1.165) is 10.0 Å². The molecule has 1 rings (SSSR count). The number of terminal acetylenes is 1. The Morgan fingerprint density at radius 3 is 2.46 bits per heavy atom. The zero-order valence-corrected chi connectivity index (χ0v) is 9.01. The van der Waals surface area contributed by atoms with E-state index in [-0.39, 0.29) is 0 Å². The van der Waals surface area contributed by atoms with Gasteiger partial charge in [-0.1, -0.05) is 28.1 Å². The van der Waals surface area contributed by atoms with Crippen LogP contribution in [0.25, 0.3) is 0 Å². The van der Waals surface area contributed by atoms with Crippen molar-refractivity contribution in [2.75, 3.05) is 0 Å². The molecule has 1 aromatic carbocycles. The molecule has 0 aliphatic carbocycles. The van der Waals surface area contributed by atoms with Crippen molar-refractivity contribution >= 4 is 15.9 Å². The van der Waals surface area contributed by atoms with Gasteiger partial charge in [0, 0.05) is 10.9 Å². The van der Waals surface area contributed by atoms with Crippen LogP contribution in [0, 0.1) is 12.3 Å². The Balaban J connectivity index is 2.95. The van der Waals surface area contributed by atoms with Crippen molar-refractivity contribution in [2.45, 2.75) is 18.9 Å². The lowest BCUT2D eigenvalue weighted by Gasteiger charge is -2.20. The molecule has 1 aromatic rings. The van der Waals surface area contributed by atoms with Crippen LogP contribution in [0.1, 0.15) is 18.9 Å². The molecule has 1 unspecified atom stereocenters. The lowest BCUT2D eigenvalue weighted by molar-refractivity contribution is 0.0629. The van der Waals surface area contributed by atoms with E-state index in [2.05, 4.69) is 21.9 Å². The number of halogens is 1. The van der Waals surface area contributed by atoms with Crippen LogP contribution in [0.3, 0.4) is 0 Å². The Hall–Kier alpha value is -0.780. The summed E-state index contributed by atoms with van der Waals surface area (Å²) < 4.78 is 0.993. The van der Waals surface area contributed by atoms with E-state index in [0.29, 0.717) is 6.42 Å². The third-order valence-electron chi connectivity index (χ3n) is 1.91. The van der Waals surface area contributed by atoms with Gasteiger partial charge in [-0.15, -0.1) is 12.3 Å². The van der Waals surface area contributed by atoms with Crippen LogP contribution >= 0.6 is 15.9 Å². The number of rotatable bonds is 2. The SMILES string of the molecule is C#CCC(C)(O)c1ccc(Br)cc1. The summed E-state index contributed by atoms with van der Waals surface area (Å²) in [4.78, 5) is 0. The predicted octanol–water partition coefficient (Wildman–Crippen LogP) is 2.68. The summed E-state index contributed by atoms with van der Waals surface area (Å²) in [5, 5.41) is 9.92. The van der Waals surface area contributed by atoms with E-state index in [1.165, 1.54) is 0 Å². The van der Waals surface area contributed by atoms with Gasteiger partial charge in [0.05, 0.1) is 5.60 Å². The first-order valence-electron chi connectivity index (χ1n) is 3.98. The zero-order valence-electron chi connectivity index (χ0n) is 7.42. The van der Waals surface area contributed by atoms with Gasteiger partial charge in [-0.25, -0.2) is 0 Å². The minimum absolute atomic E-state index is 0.328. The Bertz CT molecular complexity index is 319. The van der Waals surface area contributed by atoms with Crippen molar-refractivity contribution < 1.29 is 5.11 Å². The fourth-order valence-corrected chi connectivity index (χ4v) is 1.37. The van der Waals surface area contributed by atoms with E-state index in [1.54, 1.807) is 6.92 Å². The number of hydrogen-bond acceptors (Lipinski definition) is 1. The van der Waals surface area contributed by atoms with Crippen LogP contribution in [0.2, 0.25) is 0 Å². The molecule has 0 fully saturated rings. The topological polar surface area (TPSA) is 20.2 Å². The molecule has 0 bridgehead atoms. The molecule has 0 aliphatic rings. The van der Waals surface area contributed by atoms with Crippen molar-refractivity contribution in [1.29, 1.82) is 0 Å². The van der Waals surface area contributed by atoms with Crippen molar-refractivity contribution in [2.24, 2.45) is 0 Å². The molecule has 0 amide bonds. The third kappa shape index (κ3) is 2.58. The molecule has 0 saturated heterocycles. The van der Waals surface area contributed by atoms with Crippen LogP contribution in [0.5, 0.6) is 0 Å². The molecular formula is C11H11BrO. The normalized spacial score (nSPS) is 14.6. The van der Waals surface area contributed by atoms with E-state index < -0.39 is 5.60 Å². The van der Waals surface area contributed by atoms with Gasteiger partial charge in [-0.2, -0.15) is 0 Å². The summed E-state index contributed by atoms with van der Waals surface area (Å²) in [6.45, 7) is 1.72. The quantitative estimate of drug-likeness (QED) is 0.786. The van der Waals surface area contributed by atoms with Crippen molar-refractivity contribution in [3.63, 3.8) is 0 Å². The highest BCUT2D eigenvalue weighted by atomic mass is 79.9. The zero-order chi connectivity index (χ0) is 9.90. The predicted molar refractivity (Wildman–Crippen MR) is 57.2 cm³/mol. The molecule has 1 N–H and O–H groups in total. The molecule has 1 atom stereocenters. The molecule has 0 spiro atoms. The highest BCUT2D eigenvalue weighted by Crippen LogP contribution is 2.25. The molecular weight excluding hydrogens is 228 g/mol. The molecule has 2 heteroatoms. The monoisotopic (exact) mass is 238 g/mol. The highest BCUT2D eigenvalue weighted by molar-refractivity contribution is 9.10. The Labute approximate surface area is 86.9 Å². The summed E-state index contributed by atoms with van der Waals surface area (Å²) >= 11 is 3.33. The van der Waals surface area contributed by atoms with Crippen molar-refractivity contribution in [3.8, 4) is 12.3 Å². The van der Waals surface area contributed by atoms with E-state index >= 15 is 0 Å². The summed E-state index contributed by atoms with van der Waals surface area (Å²) in [5.41, 5.74) is -0.0798. The first-order chi connectivity index (χ1) is 6.06. The van der Waals surface area contributed by atoms with Gasteiger partial charge >= 0.3 is 0 Å². The number of aliphatic hydroxyl groups is 1. The average molecular weight is 239 g/mol. The van der Waals surface area contributed by atoms with Crippen LogP contribution in [-0.4, -0.2) is 5.11 Å². The minimum atomic E-state index is -0.921. The Morgan fingerprint density at radius 1 is 1.46 bits per heavy atom. The van der Waals surface area contributed by atoms with Gasteiger partial charge in [0.1, 0.15) is 0 Å². The van der Waals surface area contributed by atoms with Crippen molar-refractivity contribution in [3.05, 3.63) is 34.3 Å². The molecule has 0 heterocycles. The lowest BCUT2D eigenvalue weighted by atomic mass is 9.93. The maximum absolute atomic E-state index is 9.92. The van der Waals surface area contributed by atoms with Gasteiger partial charge in [0.15, 0.2) is 0 Å². The lowest BCUT2D eigenvalue weighted by Crippen LogP contribution is -2.19. The van der Waals surface area contributed by atoms with Gasteiger partial charge in [-0.3, -0.25) is 0 Å². The molecule has 0 aromatic heterocycles. The largest absolute Gasteiger partial charge is 0.384 e. The fraction of sp³-hybridized carbons (Fsp3) is 0.273.